The van der Waals surface area contributed by atoms with Crippen molar-refractivity contribution in [1.29, 1.82) is 0 Å². The lowest BCUT2D eigenvalue weighted by atomic mass is 10.1. The maximum atomic E-state index is 12.1. The number of methoxy groups -OCH3 is 1. The first kappa shape index (κ1) is 17.1. The lowest BCUT2D eigenvalue weighted by Crippen LogP contribution is -2.17. The van der Waals surface area contributed by atoms with Gasteiger partial charge in [0.05, 0.1) is 18.5 Å². The highest BCUT2D eigenvalue weighted by Crippen LogP contribution is 2.25. The molecule has 124 valence electrons. The molecule has 7 nitrogen and oxygen atoms in total. The van der Waals surface area contributed by atoms with Crippen LogP contribution in [0.15, 0.2) is 42.5 Å². The predicted molar refractivity (Wildman–Crippen MR) is 88.4 cm³/mol. The molecule has 0 bridgehead atoms. The van der Waals surface area contributed by atoms with Gasteiger partial charge in [-0.15, -0.1) is 0 Å². The number of benzene rings is 2. The summed E-state index contributed by atoms with van der Waals surface area (Å²) in [5.74, 6) is -0.390. The number of ketones is 1. The summed E-state index contributed by atoms with van der Waals surface area (Å²) < 4.78 is 5.00. The molecular weight excluding hydrogens is 312 g/mol. The number of amides is 1. The molecule has 0 unspecified atom stereocenters. The molecule has 7 heteroatoms. The summed E-state index contributed by atoms with van der Waals surface area (Å²) in [5, 5.41) is 13.5. The van der Waals surface area contributed by atoms with E-state index in [1.165, 1.54) is 19.2 Å². The Labute approximate surface area is 138 Å². The average Bonchev–Trinajstić information content (AvgIpc) is 2.56. The number of rotatable bonds is 6. The number of ether oxygens (including phenoxy) is 1. The Morgan fingerprint density at radius 2 is 1.83 bits per heavy atom. The first-order chi connectivity index (χ1) is 11.4. The zero-order valence-corrected chi connectivity index (χ0v) is 13.2. The first-order valence-corrected chi connectivity index (χ1v) is 7.13. The van der Waals surface area contributed by atoms with E-state index in [1.54, 1.807) is 37.3 Å². The molecule has 0 radical (unpaired) electrons. The lowest BCUT2D eigenvalue weighted by molar-refractivity contribution is -0.384. The Morgan fingerprint density at radius 3 is 2.42 bits per heavy atom. The maximum Gasteiger partial charge on any atom is 0.293 e. The molecule has 0 fully saturated rings. The van der Waals surface area contributed by atoms with Gasteiger partial charge in [0, 0.05) is 11.6 Å². The minimum atomic E-state index is -0.609. The number of nitro benzene ring substituents is 1. The van der Waals surface area contributed by atoms with E-state index in [-0.39, 0.29) is 17.2 Å². The molecule has 0 aliphatic heterocycles. The number of nitro groups is 1. The fraction of sp³-hybridized carbons (Fsp3) is 0.176. The number of anilines is 1. The van der Waals surface area contributed by atoms with Gasteiger partial charge in [-0.1, -0.05) is 6.07 Å². The van der Waals surface area contributed by atoms with Crippen LogP contribution in [-0.4, -0.2) is 23.7 Å². The van der Waals surface area contributed by atoms with Crippen LogP contribution < -0.4 is 10.1 Å². The van der Waals surface area contributed by atoms with Crippen LogP contribution in [0.2, 0.25) is 0 Å². The van der Waals surface area contributed by atoms with Gasteiger partial charge in [-0.2, -0.15) is 0 Å². The van der Waals surface area contributed by atoms with Crippen molar-refractivity contribution in [3.8, 4) is 5.75 Å². The van der Waals surface area contributed by atoms with Crippen molar-refractivity contribution in [3.05, 3.63) is 63.7 Å². The number of nitrogens with zero attached hydrogens (tertiary/aromatic N) is 1. The molecule has 0 spiro atoms. The highest BCUT2D eigenvalue weighted by molar-refractivity contribution is 6.11. The van der Waals surface area contributed by atoms with Gasteiger partial charge in [-0.3, -0.25) is 19.7 Å². The first-order valence-electron chi connectivity index (χ1n) is 7.13. The SMILES string of the molecule is COc1ccc(C(=O)CC(=O)Nc2ccc(C)cc2[N+](=O)[O-])cc1. The minimum absolute atomic E-state index is 0.0677. The molecule has 0 aliphatic carbocycles. The van der Waals surface area contributed by atoms with E-state index in [0.29, 0.717) is 16.9 Å². The van der Waals surface area contributed by atoms with Crippen molar-refractivity contribution < 1.29 is 19.2 Å². The summed E-state index contributed by atoms with van der Waals surface area (Å²) in [4.78, 5) is 34.5. The Bertz CT molecular complexity index is 784. The Balaban J connectivity index is 2.07. The van der Waals surface area contributed by atoms with E-state index in [1.807, 2.05) is 0 Å². The van der Waals surface area contributed by atoms with E-state index in [0.717, 1.165) is 0 Å². The van der Waals surface area contributed by atoms with Gasteiger partial charge in [-0.05, 0) is 42.8 Å². The molecular formula is C17H16N2O5. The second-order valence-electron chi connectivity index (χ2n) is 5.15. The third-order valence-corrected chi connectivity index (χ3v) is 3.36. The van der Waals surface area contributed by atoms with E-state index in [2.05, 4.69) is 5.32 Å². The molecule has 0 aromatic heterocycles. The Hall–Kier alpha value is -3.22. The molecule has 24 heavy (non-hydrogen) atoms. The Kier molecular flexibility index (Phi) is 5.26. The molecule has 0 heterocycles. The number of Topliss-reactive ketones (excluding diaryl/α,β-unsaturated/α-hetero) is 1. The normalized spacial score (nSPS) is 10.1. The van der Waals surface area contributed by atoms with E-state index in [4.69, 9.17) is 4.74 Å². The maximum absolute atomic E-state index is 12.1. The Morgan fingerprint density at radius 1 is 1.17 bits per heavy atom. The summed E-state index contributed by atoms with van der Waals surface area (Å²) in [6, 6.07) is 10.8. The van der Waals surface area contributed by atoms with Gasteiger partial charge in [0.2, 0.25) is 5.91 Å². The molecule has 0 atom stereocenters. The largest absolute Gasteiger partial charge is 0.497 e. The number of carbonyl (C=O) groups excluding carboxylic acids is 2. The second kappa shape index (κ2) is 7.36. The molecule has 2 aromatic rings. The number of carbonyl (C=O) groups is 2. The van der Waals surface area contributed by atoms with E-state index >= 15 is 0 Å². The number of aryl methyl sites for hydroxylation is 1. The van der Waals surface area contributed by atoms with Crippen molar-refractivity contribution in [2.45, 2.75) is 13.3 Å². The topological polar surface area (TPSA) is 98.5 Å². The molecule has 1 N–H and O–H groups in total. The van der Waals surface area contributed by atoms with Crippen molar-refractivity contribution in [1.82, 2.24) is 0 Å². The average molecular weight is 328 g/mol. The third kappa shape index (κ3) is 4.16. The van der Waals surface area contributed by atoms with Crippen LogP contribution in [-0.2, 0) is 4.79 Å². The molecule has 0 saturated heterocycles. The van der Waals surface area contributed by atoms with Crippen LogP contribution in [0.5, 0.6) is 5.75 Å². The molecule has 2 rings (SSSR count). The van der Waals surface area contributed by atoms with Crippen molar-refractivity contribution >= 4 is 23.1 Å². The number of nitrogens with one attached hydrogen (secondary N) is 1. The van der Waals surface area contributed by atoms with Crippen LogP contribution >= 0.6 is 0 Å². The summed E-state index contributed by atoms with van der Waals surface area (Å²) >= 11 is 0. The van der Waals surface area contributed by atoms with Crippen LogP contribution in [0.1, 0.15) is 22.3 Å². The fourth-order valence-corrected chi connectivity index (χ4v) is 2.12. The summed E-state index contributed by atoms with van der Waals surface area (Å²) in [5.41, 5.74) is 0.928. The quantitative estimate of drug-likeness (QED) is 0.380. The zero-order valence-electron chi connectivity index (χ0n) is 13.2. The van der Waals surface area contributed by atoms with Gasteiger partial charge in [0.1, 0.15) is 11.4 Å². The van der Waals surface area contributed by atoms with Gasteiger partial charge >= 0.3 is 0 Å². The van der Waals surface area contributed by atoms with E-state index < -0.39 is 17.3 Å². The standard InChI is InChI=1S/C17H16N2O5/c1-11-3-8-14(15(9-11)19(22)23)18-17(21)10-16(20)12-4-6-13(24-2)7-5-12/h3-9H,10H2,1-2H3,(H,18,21). The number of hydrogen-bond acceptors (Lipinski definition) is 5. The van der Waals surface area contributed by atoms with Crippen molar-refractivity contribution in [2.24, 2.45) is 0 Å². The lowest BCUT2D eigenvalue weighted by Gasteiger charge is -2.07. The smallest absolute Gasteiger partial charge is 0.293 e. The molecule has 2 aromatic carbocycles. The van der Waals surface area contributed by atoms with Crippen molar-refractivity contribution in [2.75, 3.05) is 12.4 Å². The van der Waals surface area contributed by atoms with Crippen LogP contribution in [0.3, 0.4) is 0 Å². The highest BCUT2D eigenvalue weighted by Gasteiger charge is 2.18. The fourth-order valence-electron chi connectivity index (χ4n) is 2.12. The van der Waals surface area contributed by atoms with Crippen molar-refractivity contribution in [3.63, 3.8) is 0 Å². The molecule has 1 amide bonds. The van der Waals surface area contributed by atoms with Gasteiger partial charge in [0.25, 0.3) is 5.69 Å². The molecule has 0 aliphatic rings. The second-order valence-corrected chi connectivity index (χ2v) is 5.15. The third-order valence-electron chi connectivity index (χ3n) is 3.36. The predicted octanol–water partition coefficient (Wildman–Crippen LogP) is 3.12. The van der Waals surface area contributed by atoms with Crippen LogP contribution in [0.4, 0.5) is 11.4 Å². The highest BCUT2D eigenvalue weighted by atomic mass is 16.6. The number of hydrogen-bond donors (Lipinski definition) is 1. The van der Waals surface area contributed by atoms with E-state index in [9.17, 15) is 19.7 Å². The summed E-state index contributed by atoms with van der Waals surface area (Å²) in [6.07, 6.45) is -0.405. The van der Waals surface area contributed by atoms with Gasteiger partial charge in [0.15, 0.2) is 5.78 Å². The monoisotopic (exact) mass is 328 g/mol. The summed E-state index contributed by atoms with van der Waals surface area (Å²) in [6.45, 7) is 1.71. The minimum Gasteiger partial charge on any atom is -0.497 e. The van der Waals surface area contributed by atoms with Gasteiger partial charge in [-0.25, -0.2) is 0 Å². The summed E-state index contributed by atoms with van der Waals surface area (Å²) in [7, 11) is 1.51. The van der Waals surface area contributed by atoms with Gasteiger partial charge < -0.3 is 10.1 Å². The zero-order chi connectivity index (χ0) is 17.7. The molecule has 0 saturated carbocycles. The van der Waals surface area contributed by atoms with Crippen LogP contribution in [0.25, 0.3) is 0 Å². The van der Waals surface area contributed by atoms with Crippen LogP contribution in [0, 0.1) is 17.0 Å².